The Hall–Kier alpha value is -2.75. The van der Waals surface area contributed by atoms with Gasteiger partial charge in [0, 0.05) is 5.56 Å². The van der Waals surface area contributed by atoms with Gasteiger partial charge in [0.25, 0.3) is 0 Å². The third kappa shape index (κ3) is 1.74. The lowest BCUT2D eigenvalue weighted by atomic mass is 9.94. The Bertz CT molecular complexity index is 726. The number of nitriles is 1. The number of hydrogen-bond donors (Lipinski definition) is 3. The summed E-state index contributed by atoms with van der Waals surface area (Å²) in [5.74, 6) is 0.366. The highest BCUT2D eigenvalue weighted by molar-refractivity contribution is 5.93. The molecule has 0 radical (unpaired) electrons. The van der Waals surface area contributed by atoms with E-state index in [2.05, 4.69) is 20.6 Å². The maximum absolute atomic E-state index is 11.5. The third-order valence-corrected chi connectivity index (χ3v) is 3.03. The normalized spacial score (nSPS) is 16.2. The molecule has 19 heavy (non-hydrogen) atoms. The summed E-state index contributed by atoms with van der Waals surface area (Å²) in [7, 11) is 0. The van der Waals surface area contributed by atoms with Gasteiger partial charge in [-0.25, -0.2) is 9.78 Å². The van der Waals surface area contributed by atoms with Gasteiger partial charge < -0.3 is 9.72 Å². The van der Waals surface area contributed by atoms with E-state index in [0.717, 1.165) is 11.1 Å². The van der Waals surface area contributed by atoms with E-state index in [9.17, 15) is 4.79 Å². The minimum atomic E-state index is -0.709. The first kappa shape index (κ1) is 11.3. The maximum Gasteiger partial charge on any atom is 0.412 e. The summed E-state index contributed by atoms with van der Waals surface area (Å²) < 4.78 is 5.25. The summed E-state index contributed by atoms with van der Waals surface area (Å²) in [4.78, 5) is 18.7. The molecule has 0 fully saturated rings. The molecule has 0 unspecified atom stereocenters. The van der Waals surface area contributed by atoms with Gasteiger partial charge in [-0.2, -0.15) is 5.26 Å². The fourth-order valence-corrected chi connectivity index (χ4v) is 2.19. The molecular weight excluding hydrogens is 246 g/mol. The van der Waals surface area contributed by atoms with E-state index in [1.165, 1.54) is 0 Å². The van der Waals surface area contributed by atoms with Crippen LogP contribution in [0, 0.1) is 11.5 Å². The lowest BCUT2D eigenvalue weighted by Crippen LogP contribution is -2.34. The van der Waals surface area contributed by atoms with Gasteiger partial charge in [0.1, 0.15) is 5.60 Å². The van der Waals surface area contributed by atoms with Crippen LogP contribution in [0.15, 0.2) is 12.1 Å². The topological polar surface area (TPSA) is 103 Å². The van der Waals surface area contributed by atoms with Crippen molar-refractivity contribution in [3.05, 3.63) is 17.7 Å². The van der Waals surface area contributed by atoms with Gasteiger partial charge >= 0.3 is 6.09 Å². The Labute approximate surface area is 108 Å². The van der Waals surface area contributed by atoms with Gasteiger partial charge in [0.2, 0.25) is 5.95 Å². The largest absolute Gasteiger partial charge is 0.438 e. The number of amides is 1. The first-order valence-electron chi connectivity index (χ1n) is 5.69. The van der Waals surface area contributed by atoms with Crippen LogP contribution in [0.1, 0.15) is 19.4 Å². The minimum Gasteiger partial charge on any atom is -0.438 e. The molecule has 1 aromatic heterocycles. The van der Waals surface area contributed by atoms with Gasteiger partial charge in [-0.3, -0.25) is 10.6 Å². The Morgan fingerprint density at radius 2 is 2.26 bits per heavy atom. The number of hydrogen-bond acceptors (Lipinski definition) is 5. The molecule has 1 aromatic carbocycles. The molecule has 1 amide bonds. The van der Waals surface area contributed by atoms with Gasteiger partial charge in [-0.05, 0) is 26.0 Å². The van der Waals surface area contributed by atoms with E-state index in [0.29, 0.717) is 17.2 Å². The number of ether oxygens (including phenoxy) is 1. The molecule has 7 nitrogen and oxygen atoms in total. The summed E-state index contributed by atoms with van der Waals surface area (Å²) in [6.07, 6.45) is 1.32. The number of carbonyl (C=O) groups excluding carboxylic acids is 1. The molecule has 0 atom stereocenters. The second-order valence-electron chi connectivity index (χ2n) is 4.76. The Morgan fingerprint density at radius 1 is 1.47 bits per heavy atom. The van der Waals surface area contributed by atoms with Crippen LogP contribution >= 0.6 is 0 Å². The fraction of sp³-hybridized carbons (Fsp3) is 0.250. The second kappa shape index (κ2) is 3.62. The van der Waals surface area contributed by atoms with E-state index in [-0.39, 0.29) is 0 Å². The van der Waals surface area contributed by atoms with Gasteiger partial charge in [0.15, 0.2) is 6.19 Å². The van der Waals surface area contributed by atoms with Crippen molar-refractivity contribution in [2.24, 2.45) is 0 Å². The van der Waals surface area contributed by atoms with Crippen LogP contribution in [0.2, 0.25) is 0 Å². The van der Waals surface area contributed by atoms with Crippen molar-refractivity contribution >= 4 is 28.8 Å². The number of benzene rings is 1. The molecule has 2 heterocycles. The molecule has 0 spiro atoms. The van der Waals surface area contributed by atoms with Crippen molar-refractivity contribution < 1.29 is 9.53 Å². The number of nitrogens with one attached hydrogen (secondary N) is 3. The van der Waals surface area contributed by atoms with Crippen LogP contribution in [0.3, 0.4) is 0 Å². The smallest absolute Gasteiger partial charge is 0.412 e. The number of rotatable bonds is 1. The summed E-state index contributed by atoms with van der Waals surface area (Å²) in [6.45, 7) is 3.64. The molecule has 1 aliphatic rings. The summed E-state index contributed by atoms with van der Waals surface area (Å²) >= 11 is 0. The SMILES string of the molecule is CC1(C)OC(=O)Nc2cc3nc(NC#N)[nH]c3cc21. The Balaban J connectivity index is 2.20. The molecule has 0 aliphatic carbocycles. The van der Waals surface area contributed by atoms with E-state index in [1.54, 1.807) is 12.3 Å². The summed E-state index contributed by atoms with van der Waals surface area (Å²) in [5, 5.41) is 13.7. The van der Waals surface area contributed by atoms with E-state index in [4.69, 9.17) is 10.00 Å². The predicted octanol–water partition coefficient (Wildman–Crippen LogP) is 2.25. The highest BCUT2D eigenvalue weighted by atomic mass is 16.6. The number of anilines is 2. The number of carbonyl (C=O) groups is 1. The van der Waals surface area contributed by atoms with Gasteiger partial charge in [-0.15, -0.1) is 0 Å². The number of nitrogens with zero attached hydrogens (tertiary/aromatic N) is 2. The molecule has 3 rings (SSSR count). The zero-order chi connectivity index (χ0) is 13.6. The van der Waals surface area contributed by atoms with E-state index >= 15 is 0 Å². The zero-order valence-corrected chi connectivity index (χ0v) is 10.4. The summed E-state index contributed by atoms with van der Waals surface area (Å²) in [6, 6.07) is 3.62. The Kier molecular flexibility index (Phi) is 2.16. The van der Waals surface area contributed by atoms with Crippen LogP contribution in [-0.4, -0.2) is 16.1 Å². The highest BCUT2D eigenvalue weighted by Gasteiger charge is 2.33. The van der Waals surface area contributed by atoms with Crippen LogP contribution in [-0.2, 0) is 10.3 Å². The molecule has 96 valence electrons. The van der Waals surface area contributed by atoms with Crippen molar-refractivity contribution in [3.63, 3.8) is 0 Å². The quantitative estimate of drug-likeness (QED) is 0.537. The number of aromatic nitrogens is 2. The highest BCUT2D eigenvalue weighted by Crippen LogP contribution is 2.37. The molecule has 0 bridgehead atoms. The molecule has 7 heteroatoms. The van der Waals surface area contributed by atoms with Gasteiger partial charge in [0.05, 0.1) is 16.7 Å². The standard InChI is InChI=1S/C12H11N5O2/c1-12(2)6-3-8-9(16-10(15-8)14-5-13)4-7(6)17-11(18)19-12/h3-4H,1-2H3,(H,17,18)(H2,14,15,16). The molecule has 1 aliphatic heterocycles. The minimum absolute atomic E-state index is 0.366. The van der Waals surface area contributed by atoms with Crippen molar-refractivity contribution in [2.75, 3.05) is 10.6 Å². The van der Waals surface area contributed by atoms with E-state index in [1.807, 2.05) is 19.9 Å². The molecule has 2 aromatic rings. The number of cyclic esters (lactones) is 1. The number of fused-ring (bicyclic) bond motifs is 2. The number of aromatic amines is 1. The lowest BCUT2D eigenvalue weighted by Gasteiger charge is -2.32. The first-order valence-corrected chi connectivity index (χ1v) is 5.69. The Morgan fingerprint density at radius 3 is 3.00 bits per heavy atom. The fourth-order valence-electron chi connectivity index (χ4n) is 2.19. The van der Waals surface area contributed by atoms with Crippen molar-refractivity contribution in [1.82, 2.24) is 9.97 Å². The van der Waals surface area contributed by atoms with Crippen molar-refractivity contribution in [3.8, 4) is 6.19 Å². The van der Waals surface area contributed by atoms with Crippen LogP contribution in [0.5, 0.6) is 0 Å². The zero-order valence-electron chi connectivity index (χ0n) is 10.4. The van der Waals surface area contributed by atoms with Crippen LogP contribution < -0.4 is 10.6 Å². The lowest BCUT2D eigenvalue weighted by molar-refractivity contribution is 0.0421. The maximum atomic E-state index is 11.5. The number of imidazole rings is 1. The predicted molar refractivity (Wildman–Crippen MR) is 68.5 cm³/mol. The first-order chi connectivity index (χ1) is 8.99. The monoisotopic (exact) mass is 257 g/mol. The number of H-pyrrole nitrogens is 1. The molecule has 3 N–H and O–H groups in total. The molecule has 0 saturated carbocycles. The van der Waals surface area contributed by atoms with E-state index < -0.39 is 11.7 Å². The van der Waals surface area contributed by atoms with Crippen LogP contribution in [0.25, 0.3) is 11.0 Å². The molecule has 0 saturated heterocycles. The second-order valence-corrected chi connectivity index (χ2v) is 4.76. The van der Waals surface area contributed by atoms with Crippen molar-refractivity contribution in [2.45, 2.75) is 19.4 Å². The van der Waals surface area contributed by atoms with Crippen molar-refractivity contribution in [1.29, 1.82) is 5.26 Å². The third-order valence-electron chi connectivity index (χ3n) is 3.03. The summed E-state index contributed by atoms with van der Waals surface area (Å²) in [5.41, 5.74) is 2.24. The molecular formula is C12H11N5O2. The van der Waals surface area contributed by atoms with Gasteiger partial charge in [-0.1, -0.05) is 0 Å². The average Bonchev–Trinajstić information content (AvgIpc) is 2.67. The van der Waals surface area contributed by atoms with Crippen LogP contribution in [0.4, 0.5) is 16.4 Å². The average molecular weight is 257 g/mol.